The lowest BCUT2D eigenvalue weighted by Crippen LogP contribution is -2.45. The molecule has 0 heterocycles. The Balaban J connectivity index is 3.42. The van der Waals surface area contributed by atoms with E-state index in [1.807, 2.05) is 0 Å². The third-order valence-corrected chi connectivity index (χ3v) is 15.7. The van der Waals surface area contributed by atoms with Crippen LogP contribution < -0.4 is 5.32 Å². The van der Waals surface area contributed by atoms with Crippen molar-refractivity contribution < 1.29 is 24.5 Å². The van der Waals surface area contributed by atoms with Gasteiger partial charge in [0.15, 0.2) is 0 Å². The standard InChI is InChI=1S/C65H129NO5/c1-3-5-7-9-11-13-15-17-19-21-23-24-25-26-27-28-29-30-32-34-37-41-45-49-53-57-63(68)62(61-67)66-64(69)58-54-50-46-42-38-36-40-44-48-52-56-60-71-65(70)59-55-51-47-43-39-35-33-31-22-20-18-16-14-12-10-8-6-4-2/h62-63,67-68H,3-61H2,1-2H3,(H,66,69). The fourth-order valence-electron chi connectivity index (χ4n) is 10.6. The quantitative estimate of drug-likeness (QED) is 0.0417. The summed E-state index contributed by atoms with van der Waals surface area (Å²) in [6.45, 7) is 4.96. The van der Waals surface area contributed by atoms with Crippen LogP contribution in [0.25, 0.3) is 0 Å². The molecule has 0 rings (SSSR count). The molecule has 3 N–H and O–H groups in total. The molecule has 0 saturated carbocycles. The summed E-state index contributed by atoms with van der Waals surface area (Å²) in [5.74, 6) is -0.0549. The van der Waals surface area contributed by atoms with E-state index in [1.54, 1.807) is 0 Å². The van der Waals surface area contributed by atoms with Crippen LogP contribution in [0.4, 0.5) is 0 Å². The van der Waals surface area contributed by atoms with Crippen LogP contribution in [0.15, 0.2) is 0 Å². The van der Waals surface area contributed by atoms with Crippen molar-refractivity contribution in [2.24, 2.45) is 0 Å². The first kappa shape index (κ1) is 69.9. The molecule has 0 spiro atoms. The van der Waals surface area contributed by atoms with Crippen LogP contribution in [-0.2, 0) is 14.3 Å². The highest BCUT2D eigenvalue weighted by atomic mass is 16.5. The van der Waals surface area contributed by atoms with E-state index in [-0.39, 0.29) is 18.5 Å². The molecule has 424 valence electrons. The average molecular weight is 1000 g/mol. The van der Waals surface area contributed by atoms with Gasteiger partial charge in [0.05, 0.1) is 25.4 Å². The van der Waals surface area contributed by atoms with Crippen LogP contribution in [0.3, 0.4) is 0 Å². The van der Waals surface area contributed by atoms with Gasteiger partial charge in [-0.25, -0.2) is 0 Å². The zero-order valence-electron chi connectivity index (χ0n) is 48.5. The van der Waals surface area contributed by atoms with Crippen LogP contribution in [0.2, 0.25) is 0 Å². The zero-order valence-corrected chi connectivity index (χ0v) is 48.5. The summed E-state index contributed by atoms with van der Waals surface area (Å²) >= 11 is 0. The van der Waals surface area contributed by atoms with E-state index in [2.05, 4.69) is 19.2 Å². The van der Waals surface area contributed by atoms with Gasteiger partial charge in [-0.05, 0) is 25.7 Å². The highest BCUT2D eigenvalue weighted by molar-refractivity contribution is 5.76. The molecule has 0 saturated heterocycles. The molecule has 0 aromatic carbocycles. The van der Waals surface area contributed by atoms with Gasteiger partial charge in [-0.3, -0.25) is 9.59 Å². The second kappa shape index (κ2) is 61.4. The van der Waals surface area contributed by atoms with Gasteiger partial charge in [0.25, 0.3) is 0 Å². The van der Waals surface area contributed by atoms with Crippen molar-refractivity contribution in [3.63, 3.8) is 0 Å². The number of ether oxygens (including phenoxy) is 1. The van der Waals surface area contributed by atoms with Gasteiger partial charge >= 0.3 is 5.97 Å². The minimum Gasteiger partial charge on any atom is -0.466 e. The lowest BCUT2D eigenvalue weighted by molar-refractivity contribution is -0.143. The smallest absolute Gasteiger partial charge is 0.305 e. The third kappa shape index (κ3) is 58.0. The van der Waals surface area contributed by atoms with E-state index in [1.165, 1.54) is 289 Å². The monoisotopic (exact) mass is 1000 g/mol. The number of nitrogens with one attached hydrogen (secondary N) is 1. The largest absolute Gasteiger partial charge is 0.466 e. The highest BCUT2D eigenvalue weighted by Gasteiger charge is 2.20. The van der Waals surface area contributed by atoms with Crippen molar-refractivity contribution in [2.75, 3.05) is 13.2 Å². The molecule has 1 amide bonds. The topological polar surface area (TPSA) is 95.9 Å². The molecule has 0 aliphatic carbocycles. The summed E-state index contributed by atoms with van der Waals surface area (Å²) in [6, 6.07) is -0.555. The van der Waals surface area contributed by atoms with Crippen molar-refractivity contribution in [1.29, 1.82) is 0 Å². The minimum atomic E-state index is -0.677. The van der Waals surface area contributed by atoms with Crippen molar-refractivity contribution in [1.82, 2.24) is 5.32 Å². The van der Waals surface area contributed by atoms with Crippen molar-refractivity contribution in [3.8, 4) is 0 Å². The van der Waals surface area contributed by atoms with Gasteiger partial charge in [-0.15, -0.1) is 0 Å². The number of hydrogen-bond donors (Lipinski definition) is 3. The van der Waals surface area contributed by atoms with Crippen molar-refractivity contribution in [2.45, 2.75) is 392 Å². The Morgan fingerprint density at radius 3 is 0.859 bits per heavy atom. The normalized spacial score (nSPS) is 12.5. The summed E-state index contributed by atoms with van der Waals surface area (Å²) in [6.07, 6.45) is 72.6. The number of aliphatic hydroxyl groups is 2. The highest BCUT2D eigenvalue weighted by Crippen LogP contribution is 2.19. The Bertz CT molecular complexity index is 1020. The molecule has 0 aliphatic rings. The van der Waals surface area contributed by atoms with Crippen LogP contribution in [0.5, 0.6) is 0 Å². The minimum absolute atomic E-state index is 0.00719. The molecule has 71 heavy (non-hydrogen) atoms. The third-order valence-electron chi connectivity index (χ3n) is 15.7. The SMILES string of the molecule is CCCCCCCCCCCCCCCCCCCCCCCCCCCC(O)C(CO)NC(=O)CCCCCCCCCCCCCOC(=O)CCCCCCCCCCCCCCCCCCCC. The van der Waals surface area contributed by atoms with E-state index in [9.17, 15) is 19.8 Å². The van der Waals surface area contributed by atoms with E-state index in [0.29, 0.717) is 25.9 Å². The summed E-state index contributed by atoms with van der Waals surface area (Å²) in [4.78, 5) is 24.6. The summed E-state index contributed by atoms with van der Waals surface area (Å²) < 4.78 is 5.49. The maximum atomic E-state index is 12.5. The first-order valence-electron chi connectivity index (χ1n) is 32.8. The van der Waals surface area contributed by atoms with Gasteiger partial charge in [0, 0.05) is 12.8 Å². The molecule has 0 aromatic rings. The molecule has 6 heteroatoms. The van der Waals surface area contributed by atoms with Gasteiger partial charge in [0.1, 0.15) is 0 Å². The zero-order chi connectivity index (χ0) is 51.4. The van der Waals surface area contributed by atoms with Crippen LogP contribution in [0.1, 0.15) is 380 Å². The maximum Gasteiger partial charge on any atom is 0.305 e. The van der Waals surface area contributed by atoms with E-state index in [4.69, 9.17) is 4.74 Å². The Labute approximate surface area is 445 Å². The first-order chi connectivity index (χ1) is 35.0. The Hall–Kier alpha value is -1.14. The van der Waals surface area contributed by atoms with Gasteiger partial charge in [0.2, 0.25) is 5.91 Å². The second-order valence-electron chi connectivity index (χ2n) is 22.8. The van der Waals surface area contributed by atoms with E-state index >= 15 is 0 Å². The second-order valence-corrected chi connectivity index (χ2v) is 22.8. The van der Waals surface area contributed by atoms with Crippen LogP contribution >= 0.6 is 0 Å². The van der Waals surface area contributed by atoms with Crippen molar-refractivity contribution >= 4 is 11.9 Å². The predicted molar refractivity (Wildman–Crippen MR) is 310 cm³/mol. The summed E-state index contributed by atoms with van der Waals surface area (Å²) in [5.41, 5.74) is 0. The predicted octanol–water partition coefficient (Wildman–Crippen LogP) is 20.6. The number of carbonyl (C=O) groups is 2. The van der Waals surface area contributed by atoms with Crippen molar-refractivity contribution in [3.05, 3.63) is 0 Å². The van der Waals surface area contributed by atoms with Crippen LogP contribution in [-0.4, -0.2) is 47.4 Å². The Morgan fingerprint density at radius 1 is 0.338 bits per heavy atom. The number of rotatable bonds is 62. The van der Waals surface area contributed by atoms with E-state index < -0.39 is 12.1 Å². The summed E-state index contributed by atoms with van der Waals surface area (Å²) in [5, 5.41) is 23.4. The molecular formula is C65H129NO5. The van der Waals surface area contributed by atoms with Gasteiger partial charge in [-0.1, -0.05) is 341 Å². The number of esters is 1. The summed E-state index contributed by atoms with van der Waals surface area (Å²) in [7, 11) is 0. The number of aliphatic hydroxyl groups excluding tert-OH is 2. The molecule has 0 bridgehead atoms. The molecule has 2 unspecified atom stereocenters. The fourth-order valence-corrected chi connectivity index (χ4v) is 10.6. The van der Waals surface area contributed by atoms with E-state index in [0.717, 1.165) is 57.8 Å². The average Bonchev–Trinajstić information content (AvgIpc) is 3.37. The molecule has 0 fully saturated rings. The number of carbonyl (C=O) groups excluding carboxylic acids is 2. The number of unbranched alkanes of at least 4 members (excludes halogenated alkanes) is 51. The van der Waals surface area contributed by atoms with Crippen LogP contribution in [0, 0.1) is 0 Å². The Morgan fingerprint density at radius 2 is 0.577 bits per heavy atom. The first-order valence-corrected chi connectivity index (χ1v) is 32.8. The number of amides is 1. The number of hydrogen-bond acceptors (Lipinski definition) is 5. The molecule has 0 aromatic heterocycles. The fraction of sp³-hybridized carbons (Fsp3) is 0.969. The molecule has 2 atom stereocenters. The molecule has 0 aliphatic heterocycles. The lowest BCUT2D eigenvalue weighted by Gasteiger charge is -2.22. The van der Waals surface area contributed by atoms with Gasteiger partial charge < -0.3 is 20.3 Å². The Kier molecular flexibility index (Phi) is 60.4. The van der Waals surface area contributed by atoms with Gasteiger partial charge in [-0.2, -0.15) is 0 Å². The molecular weight excluding hydrogens is 875 g/mol. The maximum absolute atomic E-state index is 12.5. The lowest BCUT2D eigenvalue weighted by atomic mass is 10.0. The molecule has 6 nitrogen and oxygen atoms in total. The molecule has 0 radical (unpaired) electrons.